The first-order chi connectivity index (χ1) is 6.20. The molecule has 0 saturated heterocycles. The third-order valence-corrected chi connectivity index (χ3v) is 1.10. The van der Waals surface area contributed by atoms with Crippen LogP contribution in [0.15, 0.2) is 12.2 Å². The minimum absolute atomic E-state index is 0.409. The zero-order valence-electron chi connectivity index (χ0n) is 7.70. The first-order valence-electron chi connectivity index (χ1n) is 3.92. The lowest BCUT2D eigenvalue weighted by Gasteiger charge is -1.98. The summed E-state index contributed by atoms with van der Waals surface area (Å²) in [6, 6.07) is -0.409. The van der Waals surface area contributed by atoms with Crippen LogP contribution in [0.4, 0.5) is 0 Å². The molecule has 2 atom stereocenters. The van der Waals surface area contributed by atoms with Crippen molar-refractivity contribution in [1.82, 2.24) is 5.48 Å². The molecule has 2 unspecified atom stereocenters. The third-order valence-electron chi connectivity index (χ3n) is 1.10. The van der Waals surface area contributed by atoms with Gasteiger partial charge in [-0.15, -0.1) is 0 Å². The first-order valence-corrected chi connectivity index (χ1v) is 3.92. The Labute approximate surface area is 78.4 Å². The molecule has 0 aromatic heterocycles. The molecule has 0 aliphatic rings. The summed E-state index contributed by atoms with van der Waals surface area (Å²) in [7, 11) is 0. The van der Waals surface area contributed by atoms with Gasteiger partial charge in [0.25, 0.3) is 0 Å². The highest BCUT2D eigenvalue weighted by Crippen LogP contribution is 1.81. The van der Waals surface area contributed by atoms with E-state index in [2.05, 4.69) is 23.7 Å². The van der Waals surface area contributed by atoms with Crippen molar-refractivity contribution >= 4 is 0 Å². The van der Waals surface area contributed by atoms with E-state index in [1.54, 1.807) is 19.1 Å². The van der Waals surface area contributed by atoms with Gasteiger partial charge < -0.3 is 10.3 Å². The van der Waals surface area contributed by atoms with E-state index in [4.69, 9.17) is 10.3 Å². The van der Waals surface area contributed by atoms with Gasteiger partial charge in [-0.3, -0.25) is 0 Å². The lowest BCUT2D eigenvalue weighted by molar-refractivity contribution is 0.161. The van der Waals surface area contributed by atoms with Gasteiger partial charge >= 0.3 is 0 Å². The highest BCUT2D eigenvalue weighted by atomic mass is 16.5. The predicted octanol–water partition coefficient (Wildman–Crippen LogP) is 0.298. The van der Waals surface area contributed by atoms with Gasteiger partial charge in [-0.2, -0.15) is 5.48 Å². The van der Waals surface area contributed by atoms with Crippen molar-refractivity contribution in [2.75, 3.05) is 0 Å². The fourth-order valence-electron chi connectivity index (χ4n) is 0.570. The Morgan fingerprint density at radius 1 is 1.31 bits per heavy atom. The van der Waals surface area contributed by atoms with Crippen molar-refractivity contribution in [3.8, 4) is 23.7 Å². The molecule has 3 heteroatoms. The molecular formula is C10H13NO2. The van der Waals surface area contributed by atoms with Crippen molar-refractivity contribution in [2.45, 2.75) is 26.0 Å². The van der Waals surface area contributed by atoms with Gasteiger partial charge in [0.2, 0.25) is 0 Å². The van der Waals surface area contributed by atoms with E-state index < -0.39 is 12.1 Å². The summed E-state index contributed by atoms with van der Waals surface area (Å²) in [6.45, 7) is 3.38. The lowest BCUT2D eigenvalue weighted by Crippen LogP contribution is -2.20. The van der Waals surface area contributed by atoms with E-state index in [1.165, 1.54) is 0 Å². The molecule has 3 N–H and O–H groups in total. The summed E-state index contributed by atoms with van der Waals surface area (Å²) < 4.78 is 0. The molecule has 0 fully saturated rings. The zero-order chi connectivity index (χ0) is 10.1. The maximum atomic E-state index is 8.76. The van der Waals surface area contributed by atoms with Crippen LogP contribution in [-0.4, -0.2) is 22.5 Å². The highest BCUT2D eigenvalue weighted by Gasteiger charge is 1.92. The monoisotopic (exact) mass is 179 g/mol. The lowest BCUT2D eigenvalue weighted by atomic mass is 10.3. The number of nitrogens with one attached hydrogen (secondary N) is 1. The molecule has 0 saturated carbocycles. The maximum absolute atomic E-state index is 8.76. The molecule has 0 rings (SSSR count). The fraction of sp³-hybridized carbons (Fsp3) is 0.400. The zero-order valence-corrected chi connectivity index (χ0v) is 7.70. The van der Waals surface area contributed by atoms with Crippen LogP contribution in [0.25, 0.3) is 0 Å². The van der Waals surface area contributed by atoms with Gasteiger partial charge in [-0.1, -0.05) is 24.0 Å². The quantitative estimate of drug-likeness (QED) is 0.324. The van der Waals surface area contributed by atoms with Crippen molar-refractivity contribution in [2.24, 2.45) is 0 Å². The number of hydrogen-bond acceptors (Lipinski definition) is 3. The van der Waals surface area contributed by atoms with Crippen molar-refractivity contribution in [1.29, 1.82) is 0 Å². The Kier molecular flexibility index (Phi) is 6.68. The van der Waals surface area contributed by atoms with E-state index in [9.17, 15) is 0 Å². The minimum Gasteiger partial charge on any atom is -0.381 e. The second-order valence-electron chi connectivity index (χ2n) is 2.35. The van der Waals surface area contributed by atoms with Gasteiger partial charge in [-0.05, 0) is 25.7 Å². The predicted molar refractivity (Wildman–Crippen MR) is 50.8 cm³/mol. The van der Waals surface area contributed by atoms with Gasteiger partial charge in [0.05, 0.1) is 0 Å². The van der Waals surface area contributed by atoms with Crippen LogP contribution in [0.3, 0.4) is 0 Å². The Morgan fingerprint density at radius 2 is 1.92 bits per heavy atom. The number of aliphatic hydroxyl groups is 1. The van der Waals surface area contributed by atoms with Crippen LogP contribution >= 0.6 is 0 Å². The van der Waals surface area contributed by atoms with Crippen molar-refractivity contribution in [3.63, 3.8) is 0 Å². The molecule has 3 nitrogen and oxygen atoms in total. The van der Waals surface area contributed by atoms with Crippen LogP contribution in [0.1, 0.15) is 13.8 Å². The Bertz CT molecular complexity index is 273. The SMILES string of the molecule is C/C=C\C(C#CC#CC(C)O)NO. The van der Waals surface area contributed by atoms with Crippen molar-refractivity contribution in [3.05, 3.63) is 12.2 Å². The largest absolute Gasteiger partial charge is 0.381 e. The second kappa shape index (κ2) is 7.39. The van der Waals surface area contributed by atoms with Crippen molar-refractivity contribution < 1.29 is 10.3 Å². The van der Waals surface area contributed by atoms with E-state index in [0.29, 0.717) is 0 Å². The summed E-state index contributed by atoms with van der Waals surface area (Å²) in [4.78, 5) is 0. The molecule has 13 heavy (non-hydrogen) atoms. The molecule has 0 aromatic carbocycles. The topological polar surface area (TPSA) is 52.5 Å². The van der Waals surface area contributed by atoms with Gasteiger partial charge in [0.15, 0.2) is 0 Å². The van der Waals surface area contributed by atoms with Crippen LogP contribution in [-0.2, 0) is 0 Å². The average molecular weight is 179 g/mol. The number of hydroxylamine groups is 1. The minimum atomic E-state index is -0.670. The molecule has 0 aliphatic carbocycles. The molecule has 0 radical (unpaired) electrons. The number of aliphatic hydroxyl groups excluding tert-OH is 1. The smallest absolute Gasteiger partial charge is 0.112 e. The summed E-state index contributed by atoms with van der Waals surface area (Å²) in [5.41, 5.74) is 2.00. The van der Waals surface area contributed by atoms with E-state index in [-0.39, 0.29) is 0 Å². The van der Waals surface area contributed by atoms with Gasteiger partial charge in [0.1, 0.15) is 12.1 Å². The van der Waals surface area contributed by atoms with Crippen LogP contribution in [0.5, 0.6) is 0 Å². The summed E-state index contributed by atoms with van der Waals surface area (Å²) in [5.74, 6) is 10.1. The van der Waals surface area contributed by atoms with Gasteiger partial charge in [-0.25, -0.2) is 0 Å². The molecular weight excluding hydrogens is 166 g/mol. The Balaban J connectivity index is 4.15. The van der Waals surface area contributed by atoms with Crippen LogP contribution < -0.4 is 5.48 Å². The summed E-state index contributed by atoms with van der Waals surface area (Å²) >= 11 is 0. The molecule has 0 bridgehead atoms. The number of rotatable bonds is 2. The molecule has 0 aromatic rings. The normalized spacial score (nSPS) is 13.8. The van der Waals surface area contributed by atoms with Crippen LogP contribution in [0.2, 0.25) is 0 Å². The summed E-state index contributed by atoms with van der Waals surface area (Å²) in [6.07, 6.45) is 2.79. The van der Waals surface area contributed by atoms with Crippen LogP contribution in [0, 0.1) is 23.7 Å². The highest BCUT2D eigenvalue weighted by molar-refractivity contribution is 5.30. The third kappa shape index (κ3) is 7.11. The van der Waals surface area contributed by atoms with E-state index in [0.717, 1.165) is 0 Å². The Morgan fingerprint density at radius 3 is 2.38 bits per heavy atom. The molecule has 70 valence electrons. The van der Waals surface area contributed by atoms with Gasteiger partial charge in [0, 0.05) is 0 Å². The molecule has 0 amide bonds. The first kappa shape index (κ1) is 11.7. The molecule has 0 aliphatic heterocycles. The molecule has 0 heterocycles. The fourth-order valence-corrected chi connectivity index (χ4v) is 0.570. The summed E-state index contributed by atoms with van der Waals surface area (Å²) in [5, 5.41) is 17.3. The van der Waals surface area contributed by atoms with E-state index in [1.807, 2.05) is 12.4 Å². The standard InChI is InChI=1S/C10H13NO2/c1-3-6-10(11-13)8-5-4-7-9(2)12/h3,6,9-13H,1-2H3/b6-3-. The molecule has 0 spiro atoms. The second-order valence-corrected chi connectivity index (χ2v) is 2.35. The number of hydrogen-bond donors (Lipinski definition) is 3. The average Bonchev–Trinajstić information content (AvgIpc) is 2.10. The Hall–Kier alpha value is -1.26. The maximum Gasteiger partial charge on any atom is 0.112 e. The van der Waals surface area contributed by atoms with E-state index >= 15 is 0 Å². The number of allylic oxidation sites excluding steroid dienone is 1.